The molecular formula is C16H22N2O2. The topological polar surface area (TPSA) is 41.6 Å². The first-order chi connectivity index (χ1) is 9.76. The fourth-order valence-corrected chi connectivity index (χ4v) is 3.43. The molecule has 2 atom stereocenters. The lowest BCUT2D eigenvalue weighted by Crippen LogP contribution is -2.39. The van der Waals surface area contributed by atoms with Crippen LogP contribution in [0.3, 0.4) is 0 Å². The second-order valence-corrected chi connectivity index (χ2v) is 5.89. The van der Waals surface area contributed by atoms with Gasteiger partial charge in [-0.15, -0.1) is 0 Å². The van der Waals surface area contributed by atoms with Crippen LogP contribution in [-0.2, 0) is 11.3 Å². The number of likely N-dealkylation sites (tertiary alicyclic amines) is 1. The minimum Gasteiger partial charge on any atom is -0.465 e. The van der Waals surface area contributed by atoms with Crippen molar-refractivity contribution in [3.63, 3.8) is 0 Å². The molecule has 2 aliphatic rings. The number of carbonyl (C=O) groups is 1. The summed E-state index contributed by atoms with van der Waals surface area (Å²) in [6, 6.07) is 7.78. The van der Waals surface area contributed by atoms with Crippen molar-refractivity contribution < 1.29 is 9.53 Å². The van der Waals surface area contributed by atoms with Gasteiger partial charge in [0, 0.05) is 13.1 Å². The lowest BCUT2D eigenvalue weighted by molar-refractivity contribution is 0.0600. The molecule has 108 valence electrons. The van der Waals surface area contributed by atoms with Gasteiger partial charge < -0.3 is 10.1 Å². The Hall–Kier alpha value is -1.39. The number of fused-ring (bicyclic) bond motifs is 1. The summed E-state index contributed by atoms with van der Waals surface area (Å²) in [6.45, 7) is 5.60. The molecule has 0 amide bonds. The molecule has 0 saturated carbocycles. The number of nitrogens with zero attached hydrogens (tertiary/aromatic N) is 1. The van der Waals surface area contributed by atoms with Crippen molar-refractivity contribution in [2.75, 3.05) is 33.3 Å². The van der Waals surface area contributed by atoms with Crippen molar-refractivity contribution in [1.29, 1.82) is 0 Å². The summed E-state index contributed by atoms with van der Waals surface area (Å²) < 4.78 is 4.78. The zero-order valence-corrected chi connectivity index (χ0v) is 12.0. The van der Waals surface area contributed by atoms with Crippen molar-refractivity contribution in [1.82, 2.24) is 10.2 Å². The monoisotopic (exact) mass is 274 g/mol. The van der Waals surface area contributed by atoms with E-state index in [1.54, 1.807) is 0 Å². The highest BCUT2D eigenvalue weighted by molar-refractivity contribution is 5.89. The highest BCUT2D eigenvalue weighted by Gasteiger charge is 2.32. The molecule has 2 saturated heterocycles. The van der Waals surface area contributed by atoms with Crippen LogP contribution in [0, 0.1) is 11.8 Å². The Morgan fingerprint density at radius 1 is 1.40 bits per heavy atom. The number of nitrogens with one attached hydrogen (secondary N) is 1. The number of carbonyl (C=O) groups excluding carboxylic acids is 1. The molecule has 0 spiro atoms. The number of rotatable bonds is 3. The normalized spacial score (nSPS) is 26.2. The van der Waals surface area contributed by atoms with Gasteiger partial charge in [0.05, 0.1) is 12.7 Å². The number of methoxy groups -OCH3 is 1. The first-order valence-electron chi connectivity index (χ1n) is 7.36. The van der Waals surface area contributed by atoms with Gasteiger partial charge >= 0.3 is 5.97 Å². The van der Waals surface area contributed by atoms with E-state index in [0.29, 0.717) is 5.56 Å². The SMILES string of the molecule is COC(=O)c1cccc(CN2CCC3CNCC3C2)c1. The van der Waals surface area contributed by atoms with Crippen LogP contribution in [0.2, 0.25) is 0 Å². The van der Waals surface area contributed by atoms with Crippen molar-refractivity contribution in [2.24, 2.45) is 11.8 Å². The van der Waals surface area contributed by atoms with E-state index in [4.69, 9.17) is 4.74 Å². The van der Waals surface area contributed by atoms with E-state index in [0.717, 1.165) is 31.5 Å². The van der Waals surface area contributed by atoms with E-state index in [1.807, 2.05) is 18.2 Å². The molecule has 1 aromatic carbocycles. The van der Waals surface area contributed by atoms with E-state index in [2.05, 4.69) is 16.3 Å². The number of hydrogen-bond donors (Lipinski definition) is 1. The van der Waals surface area contributed by atoms with E-state index in [-0.39, 0.29) is 5.97 Å². The highest BCUT2D eigenvalue weighted by Crippen LogP contribution is 2.27. The zero-order chi connectivity index (χ0) is 13.9. The molecule has 4 heteroatoms. The van der Waals surface area contributed by atoms with Gasteiger partial charge in [-0.25, -0.2) is 4.79 Å². The second-order valence-electron chi connectivity index (χ2n) is 5.89. The highest BCUT2D eigenvalue weighted by atomic mass is 16.5. The number of piperidine rings is 1. The van der Waals surface area contributed by atoms with Crippen LogP contribution >= 0.6 is 0 Å². The third-order valence-electron chi connectivity index (χ3n) is 4.54. The molecule has 0 bridgehead atoms. The number of hydrogen-bond acceptors (Lipinski definition) is 4. The minimum atomic E-state index is -0.259. The van der Waals surface area contributed by atoms with Crippen molar-refractivity contribution >= 4 is 5.97 Å². The Morgan fingerprint density at radius 2 is 2.25 bits per heavy atom. The molecule has 2 unspecified atom stereocenters. The van der Waals surface area contributed by atoms with Gasteiger partial charge in [0.15, 0.2) is 0 Å². The standard InChI is InChI=1S/C16H22N2O2/c1-20-16(19)13-4-2-3-12(7-13)10-18-6-5-14-8-17-9-15(14)11-18/h2-4,7,14-15,17H,5-6,8-11H2,1H3. The fraction of sp³-hybridized carbons (Fsp3) is 0.562. The number of ether oxygens (including phenoxy) is 1. The van der Waals surface area contributed by atoms with Crippen molar-refractivity contribution in [3.05, 3.63) is 35.4 Å². The smallest absolute Gasteiger partial charge is 0.337 e. The molecule has 0 aromatic heterocycles. The van der Waals surface area contributed by atoms with Crippen molar-refractivity contribution in [3.8, 4) is 0 Å². The van der Waals surface area contributed by atoms with Gasteiger partial charge in [0.25, 0.3) is 0 Å². The predicted octanol–water partition coefficient (Wildman–Crippen LogP) is 1.51. The quantitative estimate of drug-likeness (QED) is 0.849. The molecule has 3 rings (SSSR count). The lowest BCUT2D eigenvalue weighted by Gasteiger charge is -2.34. The Balaban J connectivity index is 1.64. The van der Waals surface area contributed by atoms with Crippen LogP contribution in [0.4, 0.5) is 0 Å². The third-order valence-corrected chi connectivity index (χ3v) is 4.54. The van der Waals surface area contributed by atoms with E-state index in [1.165, 1.54) is 32.2 Å². The van der Waals surface area contributed by atoms with Crippen LogP contribution in [-0.4, -0.2) is 44.2 Å². The fourth-order valence-electron chi connectivity index (χ4n) is 3.43. The maximum Gasteiger partial charge on any atom is 0.337 e. The van der Waals surface area contributed by atoms with E-state index in [9.17, 15) is 4.79 Å². The Labute approximate surface area is 120 Å². The summed E-state index contributed by atoms with van der Waals surface area (Å²) in [5, 5.41) is 3.49. The molecule has 0 aliphatic carbocycles. The van der Waals surface area contributed by atoms with Gasteiger partial charge in [-0.1, -0.05) is 12.1 Å². The van der Waals surface area contributed by atoms with Crippen LogP contribution in [0.25, 0.3) is 0 Å². The summed E-state index contributed by atoms with van der Waals surface area (Å²) in [6.07, 6.45) is 1.29. The summed E-state index contributed by atoms with van der Waals surface area (Å²) in [5.41, 5.74) is 1.83. The summed E-state index contributed by atoms with van der Waals surface area (Å²) in [5.74, 6) is 1.41. The largest absolute Gasteiger partial charge is 0.465 e. The van der Waals surface area contributed by atoms with Gasteiger partial charge in [-0.2, -0.15) is 0 Å². The number of esters is 1. The van der Waals surface area contributed by atoms with E-state index >= 15 is 0 Å². The molecule has 2 fully saturated rings. The molecule has 4 nitrogen and oxygen atoms in total. The Kier molecular flexibility index (Phi) is 4.03. The van der Waals surface area contributed by atoms with Crippen molar-refractivity contribution in [2.45, 2.75) is 13.0 Å². The molecular weight excluding hydrogens is 252 g/mol. The summed E-state index contributed by atoms with van der Waals surface area (Å²) in [4.78, 5) is 14.1. The molecule has 1 aromatic rings. The lowest BCUT2D eigenvalue weighted by atomic mass is 9.88. The first kappa shape index (κ1) is 13.6. The second kappa shape index (κ2) is 5.94. The number of benzene rings is 1. The van der Waals surface area contributed by atoms with Gasteiger partial charge in [-0.05, 0) is 55.6 Å². The Morgan fingerprint density at radius 3 is 3.10 bits per heavy atom. The molecule has 1 N–H and O–H groups in total. The van der Waals surface area contributed by atoms with Gasteiger partial charge in [0.2, 0.25) is 0 Å². The van der Waals surface area contributed by atoms with Gasteiger partial charge in [0.1, 0.15) is 0 Å². The molecule has 2 aliphatic heterocycles. The summed E-state index contributed by atoms with van der Waals surface area (Å²) >= 11 is 0. The molecule has 2 heterocycles. The maximum absolute atomic E-state index is 11.6. The minimum absolute atomic E-state index is 0.259. The average Bonchev–Trinajstić information content (AvgIpc) is 2.94. The predicted molar refractivity (Wildman–Crippen MR) is 77.5 cm³/mol. The van der Waals surface area contributed by atoms with Crippen LogP contribution in [0.5, 0.6) is 0 Å². The van der Waals surface area contributed by atoms with Crippen LogP contribution in [0.15, 0.2) is 24.3 Å². The maximum atomic E-state index is 11.6. The summed E-state index contributed by atoms with van der Waals surface area (Å²) in [7, 11) is 1.42. The van der Waals surface area contributed by atoms with Crippen LogP contribution < -0.4 is 5.32 Å². The molecule has 20 heavy (non-hydrogen) atoms. The third kappa shape index (κ3) is 2.86. The molecule has 0 radical (unpaired) electrons. The average molecular weight is 274 g/mol. The van der Waals surface area contributed by atoms with Gasteiger partial charge in [-0.3, -0.25) is 4.90 Å². The first-order valence-corrected chi connectivity index (χ1v) is 7.36. The van der Waals surface area contributed by atoms with E-state index < -0.39 is 0 Å². The Bertz CT molecular complexity index is 489. The van der Waals surface area contributed by atoms with Crippen LogP contribution in [0.1, 0.15) is 22.3 Å². The zero-order valence-electron chi connectivity index (χ0n) is 12.0.